The Hall–Kier alpha value is -4.74. The molecular formula is C51H67NO11. The molecule has 5 aliphatic rings. The molecule has 0 aromatic heterocycles. The van der Waals surface area contributed by atoms with E-state index in [0.717, 1.165) is 68.9 Å². The highest BCUT2D eigenvalue weighted by Gasteiger charge is 2.70. The lowest BCUT2D eigenvalue weighted by molar-refractivity contribution is -0.757. The molecule has 7 rings (SSSR count). The minimum absolute atomic E-state index is 0.00496. The molecule has 0 aliphatic heterocycles. The van der Waals surface area contributed by atoms with Crippen molar-refractivity contribution in [2.75, 3.05) is 26.4 Å². The first-order valence-corrected chi connectivity index (χ1v) is 23.1. The quantitative estimate of drug-likeness (QED) is 0.0395. The van der Waals surface area contributed by atoms with Crippen LogP contribution in [0.25, 0.3) is 0 Å². The summed E-state index contributed by atoms with van der Waals surface area (Å²) in [4.78, 5) is 68.6. The summed E-state index contributed by atoms with van der Waals surface area (Å²) in [5.74, 6) is 0.0881. The van der Waals surface area contributed by atoms with Gasteiger partial charge in [-0.3, -0.25) is 19.2 Å². The average Bonchev–Trinajstić information content (AvgIpc) is 3.25. The van der Waals surface area contributed by atoms with E-state index in [1.54, 1.807) is 12.1 Å². The van der Waals surface area contributed by atoms with E-state index in [1.165, 1.54) is 5.57 Å². The fourth-order valence-corrected chi connectivity index (χ4v) is 13.2. The van der Waals surface area contributed by atoms with Crippen molar-refractivity contribution >= 4 is 23.7 Å². The summed E-state index contributed by atoms with van der Waals surface area (Å²) in [5, 5.41) is 9.39. The normalized spacial score (nSPS) is 32.9. The molecule has 5 aliphatic carbocycles. The third kappa shape index (κ3) is 9.02. The number of carbonyl (C=O) groups is 4. The van der Waals surface area contributed by atoms with Gasteiger partial charge in [0.05, 0.1) is 30.3 Å². The van der Waals surface area contributed by atoms with E-state index in [-0.39, 0.29) is 84.5 Å². The minimum atomic E-state index is -0.870. The van der Waals surface area contributed by atoms with Gasteiger partial charge < -0.3 is 23.8 Å². The lowest BCUT2D eigenvalue weighted by Crippen LogP contribution is -2.65. The van der Waals surface area contributed by atoms with Crippen molar-refractivity contribution in [3.63, 3.8) is 0 Å². The van der Waals surface area contributed by atoms with E-state index in [4.69, 9.17) is 18.9 Å². The zero-order valence-corrected chi connectivity index (χ0v) is 38.2. The molecule has 2 aromatic rings. The number of benzene rings is 2. The largest absolute Gasteiger partial charge is 0.492 e. The molecule has 4 fully saturated rings. The summed E-state index contributed by atoms with van der Waals surface area (Å²) < 4.78 is 22.9. The molecule has 12 heteroatoms. The SMILES string of the molecule is CC1(C)CC[C@]2(C(=O)OCc3ccccc3)CC[C@]3(C)C(=CC[C@@H]4[C@@]5(C)CCC(=O)[C@@](C)(COC(=O)CCC(=O)OCCc6ccc(OCCO[N+](=O)[O-])cc6)[C@@H]5CC[C@]43C)[C@@H]2C1. The predicted molar refractivity (Wildman–Crippen MR) is 234 cm³/mol. The van der Waals surface area contributed by atoms with Crippen LogP contribution in [0.1, 0.15) is 130 Å². The van der Waals surface area contributed by atoms with Gasteiger partial charge in [-0.1, -0.05) is 88.7 Å². The second-order valence-corrected chi connectivity index (χ2v) is 21.0. The molecule has 0 amide bonds. The second kappa shape index (κ2) is 18.0. The van der Waals surface area contributed by atoms with Gasteiger partial charge >= 0.3 is 17.9 Å². The standard InChI is InChI=1S/C51H67NO11/c1-46(2)25-27-51(45(56)61-33-36-10-8-7-9-11-36)28-26-49(5)38(39(51)32-46)16-17-41-47(3)23-21-42(53)48(4,40(47)20-24-50(41,49)6)34-62-44(55)19-18-43(54)60-29-22-35-12-14-37(15-13-35)59-30-31-63-52(57)58/h7-16,39-41H,17-34H2,1-6H3/t39-,40+,41+,47-,48-,49+,50+,51-/m0/s1. The Morgan fingerprint density at radius 2 is 1.46 bits per heavy atom. The number of carbonyl (C=O) groups excluding carboxylic acids is 4. The Morgan fingerprint density at radius 3 is 2.17 bits per heavy atom. The van der Waals surface area contributed by atoms with Gasteiger partial charge in [0.2, 0.25) is 0 Å². The van der Waals surface area contributed by atoms with Gasteiger partial charge in [-0.25, -0.2) is 0 Å². The van der Waals surface area contributed by atoms with Crippen LogP contribution < -0.4 is 4.74 Å². The number of ether oxygens (including phenoxy) is 4. The molecular weight excluding hydrogens is 803 g/mol. The first-order valence-electron chi connectivity index (χ1n) is 23.1. The Bertz CT molecular complexity index is 2070. The molecule has 4 saturated carbocycles. The van der Waals surface area contributed by atoms with Crippen molar-refractivity contribution < 1.29 is 48.0 Å². The van der Waals surface area contributed by atoms with Crippen molar-refractivity contribution in [1.29, 1.82) is 0 Å². The highest BCUT2D eigenvalue weighted by molar-refractivity contribution is 5.86. The van der Waals surface area contributed by atoms with Crippen molar-refractivity contribution in [3.05, 3.63) is 87.5 Å². The second-order valence-electron chi connectivity index (χ2n) is 21.0. The highest BCUT2D eigenvalue weighted by Crippen LogP contribution is 2.75. The van der Waals surface area contributed by atoms with Gasteiger partial charge in [-0.15, -0.1) is 10.1 Å². The Kier molecular flexibility index (Phi) is 13.2. The molecule has 63 heavy (non-hydrogen) atoms. The monoisotopic (exact) mass is 869 g/mol. The molecule has 2 aromatic carbocycles. The Morgan fingerprint density at radius 1 is 0.762 bits per heavy atom. The lowest BCUT2D eigenvalue weighted by Gasteiger charge is -2.70. The summed E-state index contributed by atoms with van der Waals surface area (Å²) in [5.41, 5.74) is 1.81. The number of hydrogen-bond donors (Lipinski definition) is 0. The number of esters is 3. The third-order valence-electron chi connectivity index (χ3n) is 17.0. The maximum atomic E-state index is 14.4. The summed E-state index contributed by atoms with van der Waals surface area (Å²) in [6.45, 7) is 14.4. The van der Waals surface area contributed by atoms with E-state index in [2.05, 4.69) is 45.5 Å². The van der Waals surface area contributed by atoms with E-state index < -0.39 is 27.9 Å². The number of ketones is 1. The number of fused-ring (bicyclic) bond motifs is 7. The summed E-state index contributed by atoms with van der Waals surface area (Å²) in [6, 6.07) is 17.0. The minimum Gasteiger partial charge on any atom is -0.492 e. The smallest absolute Gasteiger partial charge is 0.313 e. The topological polar surface area (TPSA) is 158 Å². The number of allylic oxidation sites excluding steroid dienone is 2. The van der Waals surface area contributed by atoms with Crippen LogP contribution in [0.2, 0.25) is 0 Å². The van der Waals surface area contributed by atoms with Crippen molar-refractivity contribution in [1.82, 2.24) is 0 Å². The summed E-state index contributed by atoms with van der Waals surface area (Å²) in [7, 11) is 0. The maximum Gasteiger partial charge on any atom is 0.313 e. The molecule has 0 heterocycles. The van der Waals surface area contributed by atoms with Gasteiger partial charge in [0.15, 0.2) is 0 Å². The molecule has 0 saturated heterocycles. The van der Waals surface area contributed by atoms with Crippen LogP contribution in [0.3, 0.4) is 0 Å². The fraction of sp³-hybridized carbons (Fsp3) is 0.647. The molecule has 0 unspecified atom stereocenters. The third-order valence-corrected chi connectivity index (χ3v) is 17.0. The van der Waals surface area contributed by atoms with Crippen LogP contribution in [-0.2, 0) is 51.3 Å². The lowest BCUT2D eigenvalue weighted by atomic mass is 9.33. The van der Waals surface area contributed by atoms with Gasteiger partial charge in [-0.2, -0.15) is 0 Å². The number of rotatable bonds is 16. The number of hydrogen-bond acceptors (Lipinski definition) is 11. The molecule has 0 N–H and O–H groups in total. The average molecular weight is 870 g/mol. The number of nitrogens with zero attached hydrogens (tertiary/aromatic N) is 1. The van der Waals surface area contributed by atoms with Crippen LogP contribution in [0.4, 0.5) is 0 Å². The maximum absolute atomic E-state index is 14.4. The molecule has 8 atom stereocenters. The predicted octanol–water partition coefficient (Wildman–Crippen LogP) is 9.78. The van der Waals surface area contributed by atoms with Crippen LogP contribution >= 0.6 is 0 Å². The fourth-order valence-electron chi connectivity index (χ4n) is 13.2. The Balaban J connectivity index is 0.965. The van der Waals surface area contributed by atoms with Crippen molar-refractivity contribution in [3.8, 4) is 5.75 Å². The first kappa shape index (κ1) is 46.3. The van der Waals surface area contributed by atoms with Crippen molar-refractivity contribution in [2.24, 2.45) is 50.2 Å². The molecule has 0 spiro atoms. The van der Waals surface area contributed by atoms with Crippen LogP contribution in [0.5, 0.6) is 5.75 Å². The van der Waals surface area contributed by atoms with Crippen LogP contribution in [0.15, 0.2) is 66.2 Å². The van der Waals surface area contributed by atoms with E-state index in [1.807, 2.05) is 49.4 Å². The van der Waals surface area contributed by atoms with Crippen LogP contribution in [0, 0.1) is 60.4 Å². The molecule has 0 bridgehead atoms. The van der Waals surface area contributed by atoms with Crippen molar-refractivity contribution in [2.45, 2.75) is 132 Å². The zero-order valence-electron chi connectivity index (χ0n) is 38.2. The van der Waals surface area contributed by atoms with E-state index in [0.29, 0.717) is 31.1 Å². The first-order chi connectivity index (χ1) is 29.9. The van der Waals surface area contributed by atoms with E-state index >= 15 is 0 Å². The van der Waals surface area contributed by atoms with Gasteiger partial charge in [-0.05, 0) is 127 Å². The molecule has 0 radical (unpaired) electrons. The zero-order chi connectivity index (χ0) is 45.3. The summed E-state index contributed by atoms with van der Waals surface area (Å²) >= 11 is 0. The number of Topliss-reactive ketones (excluding diaryl/α,β-unsaturated/α-hetero) is 1. The van der Waals surface area contributed by atoms with Crippen LogP contribution in [-0.4, -0.2) is 55.2 Å². The van der Waals surface area contributed by atoms with Gasteiger partial charge in [0.25, 0.3) is 5.09 Å². The molecule has 12 nitrogen and oxygen atoms in total. The Labute approximate surface area is 372 Å². The van der Waals surface area contributed by atoms with Gasteiger partial charge in [0.1, 0.15) is 38.0 Å². The summed E-state index contributed by atoms with van der Waals surface area (Å²) in [6.07, 6.45) is 11.2. The van der Waals surface area contributed by atoms with Gasteiger partial charge in [0, 0.05) is 12.8 Å². The highest BCUT2D eigenvalue weighted by atomic mass is 17.0. The van der Waals surface area contributed by atoms with E-state index in [9.17, 15) is 29.3 Å². The molecule has 342 valence electrons.